The average Bonchev–Trinajstić information content (AvgIpc) is 3.12. The van der Waals surface area contributed by atoms with Crippen LogP contribution in [0, 0.1) is 18.8 Å². The molecule has 0 radical (unpaired) electrons. The standard InChI is InChI=1S/C17H22N6O/c1-13-7-16(20-12-19-13)23-10-14-8-21(9-15(14)11-23)5-6-22-4-2-3-18-17(22)24/h2-4,7,12,14-15H,5-6,8-11H2,1H3. The molecule has 4 heterocycles. The Labute approximate surface area is 141 Å². The van der Waals surface area contributed by atoms with Gasteiger partial charge >= 0.3 is 5.69 Å². The average molecular weight is 326 g/mol. The Morgan fingerprint density at radius 2 is 1.88 bits per heavy atom. The van der Waals surface area contributed by atoms with Crippen molar-refractivity contribution in [2.75, 3.05) is 37.6 Å². The van der Waals surface area contributed by atoms with Crippen LogP contribution in [0.3, 0.4) is 0 Å². The molecule has 7 heteroatoms. The molecule has 4 rings (SSSR count). The molecule has 0 saturated carbocycles. The zero-order valence-electron chi connectivity index (χ0n) is 13.9. The summed E-state index contributed by atoms with van der Waals surface area (Å²) >= 11 is 0. The SMILES string of the molecule is Cc1cc(N2CC3CN(CCn4cccnc4=O)CC3C2)ncn1. The number of nitrogens with zero attached hydrogens (tertiary/aromatic N) is 6. The van der Waals surface area contributed by atoms with Gasteiger partial charge in [0, 0.05) is 63.4 Å². The number of likely N-dealkylation sites (tertiary alicyclic amines) is 1. The summed E-state index contributed by atoms with van der Waals surface area (Å²) < 4.78 is 1.68. The van der Waals surface area contributed by atoms with Gasteiger partial charge in [-0.25, -0.2) is 19.7 Å². The van der Waals surface area contributed by atoms with E-state index < -0.39 is 0 Å². The second-order valence-corrected chi connectivity index (χ2v) is 6.80. The predicted octanol–water partition coefficient (Wildman–Crippen LogP) is 0.410. The maximum absolute atomic E-state index is 11.7. The Hall–Kier alpha value is -2.28. The largest absolute Gasteiger partial charge is 0.356 e. The third-order valence-corrected chi connectivity index (χ3v) is 5.12. The van der Waals surface area contributed by atoms with E-state index in [-0.39, 0.29) is 5.69 Å². The van der Waals surface area contributed by atoms with Crippen LogP contribution in [0.2, 0.25) is 0 Å². The molecular formula is C17H22N6O. The number of hydrogen-bond donors (Lipinski definition) is 0. The van der Waals surface area contributed by atoms with E-state index in [1.54, 1.807) is 17.1 Å². The van der Waals surface area contributed by atoms with E-state index in [9.17, 15) is 4.79 Å². The van der Waals surface area contributed by atoms with Crippen LogP contribution in [0.15, 0.2) is 35.6 Å². The zero-order valence-corrected chi connectivity index (χ0v) is 13.9. The van der Waals surface area contributed by atoms with Gasteiger partial charge in [0.05, 0.1) is 0 Å². The van der Waals surface area contributed by atoms with E-state index in [0.717, 1.165) is 44.2 Å². The molecule has 0 aromatic carbocycles. The highest BCUT2D eigenvalue weighted by Gasteiger charge is 2.40. The van der Waals surface area contributed by atoms with Gasteiger partial charge < -0.3 is 9.80 Å². The lowest BCUT2D eigenvalue weighted by Gasteiger charge is -2.22. The summed E-state index contributed by atoms with van der Waals surface area (Å²) in [5.74, 6) is 2.42. The normalized spacial score (nSPS) is 23.6. The Kier molecular flexibility index (Phi) is 4.02. The van der Waals surface area contributed by atoms with Crippen molar-refractivity contribution in [1.29, 1.82) is 0 Å². The monoisotopic (exact) mass is 326 g/mol. The molecule has 7 nitrogen and oxygen atoms in total. The highest BCUT2D eigenvalue weighted by atomic mass is 16.1. The number of anilines is 1. The molecule has 126 valence electrons. The van der Waals surface area contributed by atoms with Crippen molar-refractivity contribution < 1.29 is 0 Å². The molecule has 0 amide bonds. The second kappa shape index (κ2) is 6.32. The summed E-state index contributed by atoms with van der Waals surface area (Å²) in [4.78, 5) is 28.9. The fourth-order valence-electron chi connectivity index (χ4n) is 3.88. The van der Waals surface area contributed by atoms with Crippen molar-refractivity contribution in [2.24, 2.45) is 11.8 Å². The van der Waals surface area contributed by atoms with Gasteiger partial charge in [-0.05, 0) is 24.8 Å². The van der Waals surface area contributed by atoms with Crippen LogP contribution in [-0.4, -0.2) is 57.1 Å². The molecule has 0 bridgehead atoms. The maximum atomic E-state index is 11.7. The van der Waals surface area contributed by atoms with Crippen LogP contribution in [0.25, 0.3) is 0 Å². The fraction of sp³-hybridized carbons (Fsp3) is 0.529. The fourth-order valence-corrected chi connectivity index (χ4v) is 3.88. The van der Waals surface area contributed by atoms with Crippen molar-refractivity contribution in [1.82, 2.24) is 24.4 Å². The Morgan fingerprint density at radius 1 is 1.08 bits per heavy atom. The van der Waals surface area contributed by atoms with Crippen molar-refractivity contribution >= 4 is 5.82 Å². The van der Waals surface area contributed by atoms with Crippen molar-refractivity contribution in [3.05, 3.63) is 47.0 Å². The van der Waals surface area contributed by atoms with Gasteiger partial charge in [0.2, 0.25) is 0 Å². The number of aryl methyl sites for hydroxylation is 1. The summed E-state index contributed by atoms with van der Waals surface area (Å²) in [5, 5.41) is 0. The van der Waals surface area contributed by atoms with E-state index >= 15 is 0 Å². The maximum Gasteiger partial charge on any atom is 0.347 e. The van der Waals surface area contributed by atoms with Crippen LogP contribution in [0.1, 0.15) is 5.69 Å². The molecule has 2 saturated heterocycles. The number of hydrogen-bond acceptors (Lipinski definition) is 6. The first-order valence-corrected chi connectivity index (χ1v) is 8.46. The summed E-state index contributed by atoms with van der Waals surface area (Å²) in [6, 6.07) is 3.87. The first-order valence-electron chi connectivity index (χ1n) is 8.46. The van der Waals surface area contributed by atoms with Crippen molar-refractivity contribution in [3.63, 3.8) is 0 Å². The van der Waals surface area contributed by atoms with Crippen molar-refractivity contribution in [2.45, 2.75) is 13.5 Å². The minimum absolute atomic E-state index is 0.165. The van der Waals surface area contributed by atoms with Gasteiger partial charge in [0.25, 0.3) is 0 Å². The molecule has 2 aromatic rings. The third-order valence-electron chi connectivity index (χ3n) is 5.12. The van der Waals surface area contributed by atoms with Crippen LogP contribution in [-0.2, 0) is 6.54 Å². The Bertz CT molecular complexity index is 761. The van der Waals surface area contributed by atoms with Crippen LogP contribution in [0.5, 0.6) is 0 Å². The van der Waals surface area contributed by atoms with Crippen LogP contribution in [0.4, 0.5) is 5.82 Å². The molecule has 2 aliphatic rings. The molecule has 2 aromatic heterocycles. The third kappa shape index (κ3) is 3.03. The highest BCUT2D eigenvalue weighted by Crippen LogP contribution is 2.33. The van der Waals surface area contributed by atoms with E-state index in [1.807, 2.05) is 19.2 Å². The second-order valence-electron chi connectivity index (χ2n) is 6.80. The minimum atomic E-state index is -0.165. The lowest BCUT2D eigenvalue weighted by Crippen LogP contribution is -2.33. The summed E-state index contributed by atoms with van der Waals surface area (Å²) in [6.07, 6.45) is 5.00. The number of fused-ring (bicyclic) bond motifs is 1. The topological polar surface area (TPSA) is 67.2 Å². The lowest BCUT2D eigenvalue weighted by molar-refractivity contribution is 0.300. The Balaban J connectivity index is 1.33. The predicted molar refractivity (Wildman–Crippen MR) is 90.9 cm³/mol. The lowest BCUT2D eigenvalue weighted by atomic mass is 10.0. The Morgan fingerprint density at radius 3 is 2.58 bits per heavy atom. The molecule has 0 N–H and O–H groups in total. The van der Waals surface area contributed by atoms with Gasteiger partial charge in [-0.15, -0.1) is 0 Å². The molecule has 2 unspecified atom stereocenters. The first kappa shape index (κ1) is 15.3. The number of rotatable bonds is 4. The zero-order chi connectivity index (χ0) is 16.5. The summed E-state index contributed by atoms with van der Waals surface area (Å²) in [5.41, 5.74) is 0.850. The van der Waals surface area contributed by atoms with E-state index in [2.05, 4.69) is 30.8 Å². The number of aromatic nitrogens is 4. The van der Waals surface area contributed by atoms with Crippen LogP contribution >= 0.6 is 0 Å². The molecule has 2 atom stereocenters. The molecule has 0 aliphatic carbocycles. The molecule has 0 spiro atoms. The van der Waals surface area contributed by atoms with Crippen LogP contribution < -0.4 is 10.6 Å². The van der Waals surface area contributed by atoms with Gasteiger partial charge in [-0.1, -0.05) is 0 Å². The first-order chi connectivity index (χ1) is 11.7. The summed E-state index contributed by atoms with van der Waals surface area (Å²) in [7, 11) is 0. The molecule has 2 fully saturated rings. The minimum Gasteiger partial charge on any atom is -0.356 e. The van der Waals surface area contributed by atoms with E-state index in [1.165, 1.54) is 0 Å². The van der Waals surface area contributed by atoms with Gasteiger partial charge in [-0.2, -0.15) is 0 Å². The smallest absolute Gasteiger partial charge is 0.347 e. The van der Waals surface area contributed by atoms with Gasteiger partial charge in [0.1, 0.15) is 12.1 Å². The highest BCUT2D eigenvalue weighted by molar-refractivity contribution is 5.40. The quantitative estimate of drug-likeness (QED) is 0.811. The van der Waals surface area contributed by atoms with E-state index in [0.29, 0.717) is 18.4 Å². The summed E-state index contributed by atoms with van der Waals surface area (Å²) in [6.45, 7) is 7.94. The van der Waals surface area contributed by atoms with Crippen molar-refractivity contribution in [3.8, 4) is 0 Å². The van der Waals surface area contributed by atoms with E-state index in [4.69, 9.17) is 0 Å². The molecule has 2 aliphatic heterocycles. The van der Waals surface area contributed by atoms with Gasteiger partial charge in [0.15, 0.2) is 0 Å². The molecule has 24 heavy (non-hydrogen) atoms. The van der Waals surface area contributed by atoms with Gasteiger partial charge in [-0.3, -0.25) is 4.57 Å². The molecular weight excluding hydrogens is 304 g/mol.